The number of ether oxygens (including phenoxy) is 1. The van der Waals surface area contributed by atoms with Crippen LogP contribution in [0.1, 0.15) is 12.7 Å². The zero-order valence-electron chi connectivity index (χ0n) is 16.0. The van der Waals surface area contributed by atoms with Crippen molar-refractivity contribution in [1.82, 2.24) is 0 Å². The molecule has 0 aliphatic carbocycles. The molecule has 0 aliphatic heterocycles. The summed E-state index contributed by atoms with van der Waals surface area (Å²) < 4.78 is 11.0. The number of hydrogen-bond acceptors (Lipinski definition) is 6. The van der Waals surface area contributed by atoms with Crippen molar-refractivity contribution in [2.75, 3.05) is 11.9 Å². The number of nitro groups is 1. The van der Waals surface area contributed by atoms with Gasteiger partial charge in [0.2, 0.25) is 0 Å². The van der Waals surface area contributed by atoms with Crippen LogP contribution >= 0.6 is 0 Å². The third-order valence-electron chi connectivity index (χ3n) is 4.04. The van der Waals surface area contributed by atoms with Crippen molar-refractivity contribution >= 4 is 23.4 Å². The van der Waals surface area contributed by atoms with E-state index in [4.69, 9.17) is 9.15 Å². The fourth-order valence-electron chi connectivity index (χ4n) is 2.65. The number of amides is 1. The van der Waals surface area contributed by atoms with Crippen LogP contribution in [0.25, 0.3) is 17.4 Å². The summed E-state index contributed by atoms with van der Waals surface area (Å²) in [5, 5.41) is 22.8. The van der Waals surface area contributed by atoms with Crippen molar-refractivity contribution in [2.24, 2.45) is 0 Å². The molecular formula is C22H17N3O5. The van der Waals surface area contributed by atoms with Gasteiger partial charge in [-0.15, -0.1) is 0 Å². The van der Waals surface area contributed by atoms with E-state index in [2.05, 4.69) is 5.32 Å². The fraction of sp³-hybridized carbons (Fsp3) is 0.0909. The molecule has 0 saturated heterocycles. The lowest BCUT2D eigenvalue weighted by atomic mass is 10.1. The average Bonchev–Trinajstić information content (AvgIpc) is 3.21. The topological polar surface area (TPSA) is 118 Å². The third kappa shape index (κ3) is 4.91. The first-order valence-corrected chi connectivity index (χ1v) is 9.01. The van der Waals surface area contributed by atoms with Gasteiger partial charge in [-0.25, -0.2) is 0 Å². The minimum Gasteiger partial charge on any atom is -0.494 e. The van der Waals surface area contributed by atoms with E-state index < -0.39 is 10.8 Å². The highest BCUT2D eigenvalue weighted by Gasteiger charge is 2.13. The lowest BCUT2D eigenvalue weighted by molar-refractivity contribution is -0.384. The van der Waals surface area contributed by atoms with E-state index in [0.29, 0.717) is 35.1 Å². The van der Waals surface area contributed by atoms with Gasteiger partial charge in [-0.3, -0.25) is 14.9 Å². The highest BCUT2D eigenvalue weighted by Crippen LogP contribution is 2.26. The summed E-state index contributed by atoms with van der Waals surface area (Å²) in [5.41, 5.74) is 0.970. The van der Waals surface area contributed by atoms with Gasteiger partial charge in [-0.05, 0) is 43.3 Å². The van der Waals surface area contributed by atoms with Gasteiger partial charge in [0.25, 0.3) is 11.6 Å². The molecule has 0 bridgehead atoms. The zero-order valence-corrected chi connectivity index (χ0v) is 16.0. The Hall–Kier alpha value is -4.38. The second kappa shape index (κ2) is 9.21. The quantitative estimate of drug-likeness (QED) is 0.262. The van der Waals surface area contributed by atoms with Crippen molar-refractivity contribution in [2.45, 2.75) is 6.92 Å². The van der Waals surface area contributed by atoms with Gasteiger partial charge in [-0.1, -0.05) is 6.07 Å². The summed E-state index contributed by atoms with van der Waals surface area (Å²) in [5.74, 6) is 0.785. The summed E-state index contributed by atoms with van der Waals surface area (Å²) in [6.07, 6.45) is 1.33. The number of carbonyl (C=O) groups excluding carboxylic acids is 1. The molecule has 8 nitrogen and oxygen atoms in total. The predicted molar refractivity (Wildman–Crippen MR) is 111 cm³/mol. The molecule has 1 N–H and O–H groups in total. The zero-order chi connectivity index (χ0) is 21.5. The van der Waals surface area contributed by atoms with Gasteiger partial charge in [-0.2, -0.15) is 5.26 Å². The van der Waals surface area contributed by atoms with Crippen LogP contribution in [-0.4, -0.2) is 17.4 Å². The first kappa shape index (κ1) is 20.4. The average molecular weight is 403 g/mol. The Morgan fingerprint density at radius 2 is 2.00 bits per heavy atom. The monoisotopic (exact) mass is 403 g/mol. The number of carbonyl (C=O) groups is 1. The van der Waals surface area contributed by atoms with Gasteiger partial charge >= 0.3 is 0 Å². The molecule has 30 heavy (non-hydrogen) atoms. The second-order valence-electron chi connectivity index (χ2n) is 6.09. The number of nitrogens with one attached hydrogen (secondary N) is 1. The van der Waals surface area contributed by atoms with Crippen LogP contribution in [0.2, 0.25) is 0 Å². The molecule has 1 heterocycles. The maximum atomic E-state index is 12.4. The Kier molecular flexibility index (Phi) is 6.25. The number of nitrogens with zero attached hydrogens (tertiary/aromatic N) is 2. The molecule has 3 aromatic rings. The van der Waals surface area contributed by atoms with E-state index in [-0.39, 0.29) is 11.3 Å². The lowest BCUT2D eigenvalue weighted by Gasteiger charge is -2.07. The van der Waals surface area contributed by atoms with Crippen LogP contribution in [0, 0.1) is 21.4 Å². The number of rotatable bonds is 7. The molecule has 1 aromatic heterocycles. The minimum absolute atomic E-state index is 0.0257. The van der Waals surface area contributed by atoms with E-state index in [1.807, 2.05) is 13.0 Å². The normalized spacial score (nSPS) is 10.9. The number of nitriles is 1. The molecule has 0 radical (unpaired) electrons. The second-order valence-corrected chi connectivity index (χ2v) is 6.09. The SMILES string of the molecule is CCOc1cccc(NC(=O)/C(C#N)=C/c2ccc(-c3ccc([N+](=O)[O-])cc3)o2)c1. The van der Waals surface area contributed by atoms with Crippen LogP contribution in [-0.2, 0) is 4.79 Å². The molecular weight excluding hydrogens is 386 g/mol. The minimum atomic E-state index is -0.584. The summed E-state index contributed by atoms with van der Waals surface area (Å²) in [6.45, 7) is 2.35. The Labute approximate surface area is 172 Å². The van der Waals surface area contributed by atoms with Crippen molar-refractivity contribution in [1.29, 1.82) is 5.26 Å². The van der Waals surface area contributed by atoms with Crippen LogP contribution in [0.3, 0.4) is 0 Å². The molecule has 0 unspecified atom stereocenters. The van der Waals surface area contributed by atoms with E-state index in [9.17, 15) is 20.2 Å². The van der Waals surface area contributed by atoms with Crippen molar-refractivity contribution in [3.63, 3.8) is 0 Å². The smallest absolute Gasteiger partial charge is 0.269 e. The first-order chi connectivity index (χ1) is 14.5. The highest BCUT2D eigenvalue weighted by molar-refractivity contribution is 6.09. The van der Waals surface area contributed by atoms with Gasteiger partial charge in [0.15, 0.2) is 0 Å². The Bertz CT molecular complexity index is 1140. The van der Waals surface area contributed by atoms with Crippen LogP contribution < -0.4 is 10.1 Å². The highest BCUT2D eigenvalue weighted by atomic mass is 16.6. The molecule has 2 aromatic carbocycles. The number of furan rings is 1. The molecule has 0 fully saturated rings. The molecule has 0 spiro atoms. The summed E-state index contributed by atoms with van der Waals surface area (Å²) in [4.78, 5) is 22.7. The van der Waals surface area contributed by atoms with Gasteiger partial charge in [0.1, 0.15) is 28.9 Å². The van der Waals surface area contributed by atoms with Crippen molar-refractivity contribution in [3.8, 4) is 23.1 Å². The molecule has 0 atom stereocenters. The number of non-ortho nitro benzene ring substituents is 1. The van der Waals surface area contributed by atoms with Crippen LogP contribution in [0.5, 0.6) is 5.75 Å². The van der Waals surface area contributed by atoms with Crippen molar-refractivity contribution < 1.29 is 18.9 Å². The maximum Gasteiger partial charge on any atom is 0.269 e. The van der Waals surface area contributed by atoms with E-state index in [0.717, 1.165) is 0 Å². The Morgan fingerprint density at radius 3 is 2.67 bits per heavy atom. The number of anilines is 1. The number of benzene rings is 2. The molecule has 3 rings (SSSR count). The van der Waals surface area contributed by atoms with Gasteiger partial charge < -0.3 is 14.5 Å². The molecule has 1 amide bonds. The van der Waals surface area contributed by atoms with Crippen molar-refractivity contribution in [3.05, 3.63) is 82.1 Å². The van der Waals surface area contributed by atoms with Gasteiger partial charge in [0.05, 0.1) is 11.5 Å². The Balaban J connectivity index is 1.76. The standard InChI is InChI=1S/C22H17N3O5/c1-2-29-19-5-3-4-17(13-19)24-22(26)16(14-23)12-20-10-11-21(30-20)15-6-8-18(9-7-15)25(27)28/h3-13H,2H2,1H3,(H,24,26)/b16-12+. The van der Waals surface area contributed by atoms with Crippen LogP contribution in [0.15, 0.2) is 70.7 Å². The van der Waals surface area contributed by atoms with E-state index in [1.54, 1.807) is 48.5 Å². The summed E-state index contributed by atoms with van der Waals surface area (Å²) in [7, 11) is 0. The molecule has 8 heteroatoms. The molecule has 0 saturated carbocycles. The summed E-state index contributed by atoms with van der Waals surface area (Å²) >= 11 is 0. The van der Waals surface area contributed by atoms with Crippen LogP contribution in [0.4, 0.5) is 11.4 Å². The number of nitro benzene ring substituents is 1. The van der Waals surface area contributed by atoms with Gasteiger partial charge in [0, 0.05) is 35.5 Å². The van der Waals surface area contributed by atoms with E-state index in [1.165, 1.54) is 18.2 Å². The molecule has 150 valence electrons. The number of hydrogen-bond donors (Lipinski definition) is 1. The molecule has 0 aliphatic rings. The third-order valence-corrected chi connectivity index (χ3v) is 4.04. The largest absolute Gasteiger partial charge is 0.494 e. The Morgan fingerprint density at radius 1 is 1.23 bits per heavy atom. The fourth-order valence-corrected chi connectivity index (χ4v) is 2.65. The maximum absolute atomic E-state index is 12.4. The lowest BCUT2D eigenvalue weighted by Crippen LogP contribution is -2.13. The van der Waals surface area contributed by atoms with E-state index >= 15 is 0 Å². The predicted octanol–water partition coefficient (Wildman–Crippen LogP) is 4.80. The summed E-state index contributed by atoms with van der Waals surface area (Å²) in [6, 6.07) is 17.9. The first-order valence-electron chi connectivity index (χ1n) is 9.01.